The van der Waals surface area contributed by atoms with Crippen LogP contribution >= 0.6 is 15.9 Å². The molecule has 1 N–H and O–H groups in total. The SMILES string of the molecule is O=C(N=Nc1c(O)n(CN2C[C@@H]3C[C@@H](C2)c2cccc(=O)n2C3)c2ccc(Br)cc12)c1ccc(F)cc1. The largest absolute Gasteiger partial charge is 0.493 e. The van der Waals surface area contributed by atoms with Gasteiger partial charge in [0.15, 0.2) is 5.69 Å². The number of amides is 1. The molecule has 10 heteroatoms. The molecule has 0 spiro atoms. The molecule has 6 rings (SSSR count). The van der Waals surface area contributed by atoms with Gasteiger partial charge in [-0.15, -0.1) is 10.2 Å². The normalized spacial score (nSPS) is 19.4. The molecule has 2 aromatic heterocycles. The van der Waals surface area contributed by atoms with Crippen LogP contribution in [0.2, 0.25) is 0 Å². The molecule has 2 aromatic carbocycles. The van der Waals surface area contributed by atoms with E-state index in [1.807, 2.05) is 34.9 Å². The lowest BCUT2D eigenvalue weighted by Gasteiger charge is -2.42. The first kappa shape index (κ1) is 23.7. The molecule has 0 aliphatic carbocycles. The fourth-order valence-corrected chi connectivity index (χ4v) is 5.96. The van der Waals surface area contributed by atoms with E-state index in [2.05, 4.69) is 31.1 Å². The van der Waals surface area contributed by atoms with Crippen molar-refractivity contribution in [2.45, 2.75) is 25.6 Å². The number of fused-ring (bicyclic) bond motifs is 5. The second-order valence-electron chi connectivity index (χ2n) is 9.65. The van der Waals surface area contributed by atoms with Gasteiger partial charge in [-0.1, -0.05) is 22.0 Å². The van der Waals surface area contributed by atoms with Gasteiger partial charge in [0.2, 0.25) is 5.88 Å². The number of carbonyl (C=O) groups excluding carboxylic acids is 1. The lowest BCUT2D eigenvalue weighted by molar-refractivity contribution is 0.0922. The number of pyridine rings is 1. The van der Waals surface area contributed by atoms with Gasteiger partial charge in [-0.05, 0) is 60.9 Å². The minimum atomic E-state index is -0.631. The van der Waals surface area contributed by atoms with Crippen molar-refractivity contribution >= 4 is 38.4 Å². The van der Waals surface area contributed by atoms with E-state index in [1.54, 1.807) is 10.6 Å². The van der Waals surface area contributed by atoms with Crippen molar-refractivity contribution in [3.8, 4) is 5.88 Å². The highest BCUT2D eigenvalue weighted by Crippen LogP contribution is 2.41. The summed E-state index contributed by atoms with van der Waals surface area (Å²) in [6.45, 7) is 2.68. The van der Waals surface area contributed by atoms with Gasteiger partial charge in [0, 0.05) is 52.7 Å². The Kier molecular flexibility index (Phi) is 6.00. The van der Waals surface area contributed by atoms with Crippen LogP contribution in [0.3, 0.4) is 0 Å². The highest BCUT2D eigenvalue weighted by atomic mass is 79.9. The summed E-state index contributed by atoms with van der Waals surface area (Å²) in [5.41, 5.74) is 2.27. The minimum Gasteiger partial charge on any atom is -0.493 e. The summed E-state index contributed by atoms with van der Waals surface area (Å²) in [5, 5.41) is 19.8. The van der Waals surface area contributed by atoms with Gasteiger partial charge in [0.05, 0.1) is 12.2 Å². The fourth-order valence-electron chi connectivity index (χ4n) is 5.59. The molecule has 1 saturated heterocycles. The summed E-state index contributed by atoms with van der Waals surface area (Å²) in [4.78, 5) is 27.1. The van der Waals surface area contributed by atoms with E-state index in [0.717, 1.165) is 35.2 Å². The highest BCUT2D eigenvalue weighted by Gasteiger charge is 2.35. The summed E-state index contributed by atoms with van der Waals surface area (Å²) in [6.07, 6.45) is 1.04. The average molecular weight is 564 g/mol. The number of azo groups is 1. The number of aromatic hydroxyl groups is 1. The number of aromatic nitrogens is 2. The Balaban J connectivity index is 1.31. The third kappa shape index (κ3) is 4.40. The quantitative estimate of drug-likeness (QED) is 0.336. The van der Waals surface area contributed by atoms with Crippen molar-refractivity contribution in [2.24, 2.45) is 16.1 Å². The van der Waals surface area contributed by atoms with Gasteiger partial charge in [0.25, 0.3) is 11.5 Å². The zero-order chi connectivity index (χ0) is 25.7. The van der Waals surface area contributed by atoms with Crippen molar-refractivity contribution < 1.29 is 14.3 Å². The van der Waals surface area contributed by atoms with Crippen LogP contribution in [0, 0.1) is 11.7 Å². The molecule has 0 radical (unpaired) electrons. The van der Waals surface area contributed by atoms with Crippen LogP contribution in [-0.4, -0.2) is 38.1 Å². The van der Waals surface area contributed by atoms with Gasteiger partial charge in [0.1, 0.15) is 5.82 Å². The fraction of sp³-hybridized carbons (Fsp3) is 0.259. The average Bonchev–Trinajstić information content (AvgIpc) is 3.13. The first-order valence-electron chi connectivity index (χ1n) is 12.0. The number of likely N-dealkylation sites (tertiary alicyclic amines) is 1. The maximum atomic E-state index is 13.2. The van der Waals surface area contributed by atoms with E-state index in [-0.39, 0.29) is 28.6 Å². The molecule has 0 saturated carbocycles. The van der Waals surface area contributed by atoms with E-state index in [0.29, 0.717) is 24.5 Å². The van der Waals surface area contributed by atoms with Crippen molar-refractivity contribution in [3.63, 3.8) is 0 Å². The first-order valence-corrected chi connectivity index (χ1v) is 12.8. The molecule has 37 heavy (non-hydrogen) atoms. The topological polar surface area (TPSA) is 92.2 Å². The Morgan fingerprint density at radius 1 is 1.08 bits per heavy atom. The van der Waals surface area contributed by atoms with Gasteiger partial charge in [-0.3, -0.25) is 19.1 Å². The summed E-state index contributed by atoms with van der Waals surface area (Å²) in [7, 11) is 0. The molecule has 188 valence electrons. The maximum Gasteiger partial charge on any atom is 0.295 e. The Hall–Kier alpha value is -3.63. The predicted octanol–water partition coefficient (Wildman–Crippen LogP) is 5.41. The van der Waals surface area contributed by atoms with Gasteiger partial charge in [-0.2, -0.15) is 0 Å². The van der Waals surface area contributed by atoms with Crippen molar-refractivity contribution in [3.05, 3.63) is 92.6 Å². The Labute approximate surface area is 219 Å². The number of hydrogen-bond donors (Lipinski definition) is 1. The molecule has 2 aliphatic rings. The highest BCUT2D eigenvalue weighted by molar-refractivity contribution is 9.10. The Morgan fingerprint density at radius 2 is 1.89 bits per heavy atom. The van der Waals surface area contributed by atoms with Crippen LogP contribution < -0.4 is 5.56 Å². The summed E-state index contributed by atoms with van der Waals surface area (Å²) < 4.78 is 17.7. The molecule has 8 nitrogen and oxygen atoms in total. The van der Waals surface area contributed by atoms with Crippen LogP contribution in [0.15, 0.2) is 80.2 Å². The van der Waals surface area contributed by atoms with Crippen LogP contribution in [-0.2, 0) is 13.2 Å². The van der Waals surface area contributed by atoms with Crippen LogP contribution in [0.1, 0.15) is 28.4 Å². The molecular formula is C27H23BrFN5O3. The van der Waals surface area contributed by atoms with E-state index in [4.69, 9.17) is 0 Å². The molecule has 1 amide bonds. The number of piperidine rings is 1. The van der Waals surface area contributed by atoms with Crippen LogP contribution in [0.5, 0.6) is 5.88 Å². The smallest absolute Gasteiger partial charge is 0.295 e. The van der Waals surface area contributed by atoms with Gasteiger partial charge >= 0.3 is 0 Å². The van der Waals surface area contributed by atoms with Crippen molar-refractivity contribution in [2.75, 3.05) is 13.1 Å². The molecule has 1 fully saturated rings. The second kappa shape index (κ2) is 9.35. The number of rotatable bonds is 4. The van der Waals surface area contributed by atoms with E-state index in [9.17, 15) is 19.1 Å². The number of benzene rings is 2. The van der Waals surface area contributed by atoms with Crippen LogP contribution in [0.4, 0.5) is 10.1 Å². The van der Waals surface area contributed by atoms with Gasteiger partial charge < -0.3 is 9.67 Å². The molecule has 2 bridgehead atoms. The first-order chi connectivity index (χ1) is 17.9. The molecule has 0 unspecified atom stereocenters. The van der Waals surface area contributed by atoms with Gasteiger partial charge in [-0.25, -0.2) is 4.39 Å². The molecule has 2 atom stereocenters. The number of halogens is 2. The number of nitrogens with zero attached hydrogens (tertiary/aromatic N) is 5. The Morgan fingerprint density at radius 3 is 2.70 bits per heavy atom. The van der Waals surface area contributed by atoms with E-state index >= 15 is 0 Å². The zero-order valence-electron chi connectivity index (χ0n) is 19.7. The molecule has 4 heterocycles. The minimum absolute atomic E-state index is 0.0467. The maximum absolute atomic E-state index is 13.2. The summed E-state index contributed by atoms with van der Waals surface area (Å²) in [5.74, 6) is -0.579. The zero-order valence-corrected chi connectivity index (χ0v) is 21.3. The lowest BCUT2D eigenvalue weighted by Crippen LogP contribution is -2.47. The van der Waals surface area contributed by atoms with E-state index < -0.39 is 11.7 Å². The lowest BCUT2D eigenvalue weighted by atomic mass is 9.83. The second-order valence-corrected chi connectivity index (χ2v) is 10.6. The van der Waals surface area contributed by atoms with E-state index in [1.165, 1.54) is 24.3 Å². The number of hydrogen-bond acceptors (Lipinski definition) is 5. The third-order valence-corrected chi connectivity index (χ3v) is 7.69. The van der Waals surface area contributed by atoms with Crippen molar-refractivity contribution in [1.29, 1.82) is 0 Å². The summed E-state index contributed by atoms with van der Waals surface area (Å²) in [6, 6.07) is 16.1. The summed E-state index contributed by atoms with van der Waals surface area (Å²) >= 11 is 3.47. The van der Waals surface area contributed by atoms with Crippen molar-refractivity contribution in [1.82, 2.24) is 14.0 Å². The predicted molar refractivity (Wildman–Crippen MR) is 140 cm³/mol. The molecular weight excluding hydrogens is 541 g/mol. The monoisotopic (exact) mass is 563 g/mol. The number of carbonyl (C=O) groups is 1. The molecule has 4 aromatic rings. The molecule has 2 aliphatic heterocycles. The Bertz CT molecular complexity index is 1610. The van der Waals surface area contributed by atoms with Crippen LogP contribution in [0.25, 0.3) is 10.9 Å². The standard InChI is InChI=1S/C27H23BrFN5O3/c28-19-6-9-23-21(11-19)25(30-31-26(36)17-4-7-20(29)8-5-17)27(37)34(23)15-32-12-16-10-18(14-32)22-2-1-3-24(35)33(22)13-16/h1-9,11,16,18,37H,10,12-15H2/t16-,18-/m0/s1. The third-order valence-electron chi connectivity index (χ3n) is 7.20.